The molecule has 0 atom stereocenters. The van der Waals surface area contributed by atoms with Crippen LogP contribution in [0.15, 0.2) is 16.6 Å². The molecule has 2 aliphatic rings. The van der Waals surface area contributed by atoms with Gasteiger partial charge < -0.3 is 0 Å². The molecule has 1 aromatic rings. The number of benzene rings is 1. The summed E-state index contributed by atoms with van der Waals surface area (Å²) >= 11 is 2.98. The van der Waals surface area contributed by atoms with Crippen molar-refractivity contribution >= 4 is 33.4 Å². The predicted molar refractivity (Wildman–Crippen MR) is 72.1 cm³/mol. The second-order valence-corrected chi connectivity index (χ2v) is 6.33. The van der Waals surface area contributed by atoms with Crippen molar-refractivity contribution < 1.29 is 18.4 Å². The van der Waals surface area contributed by atoms with E-state index < -0.39 is 34.6 Å². The second-order valence-electron chi connectivity index (χ2n) is 5.42. The van der Waals surface area contributed by atoms with Crippen LogP contribution in [0.1, 0.15) is 32.1 Å². The molecule has 106 valence electrons. The molecule has 2 fully saturated rings. The Morgan fingerprint density at radius 1 is 1.10 bits per heavy atom. The van der Waals surface area contributed by atoms with Gasteiger partial charge in [0.2, 0.25) is 11.8 Å². The maximum atomic E-state index is 14.0. The monoisotopic (exact) mass is 343 g/mol. The molecule has 1 saturated carbocycles. The fourth-order valence-corrected chi connectivity index (χ4v) is 3.61. The van der Waals surface area contributed by atoms with Gasteiger partial charge in [-0.2, -0.15) is 0 Å². The summed E-state index contributed by atoms with van der Waals surface area (Å²) in [5.41, 5.74) is -1.28. The van der Waals surface area contributed by atoms with Crippen LogP contribution >= 0.6 is 15.9 Å². The molecule has 20 heavy (non-hydrogen) atoms. The van der Waals surface area contributed by atoms with Crippen LogP contribution in [0.2, 0.25) is 0 Å². The molecule has 1 spiro atoms. The molecule has 0 bridgehead atoms. The summed E-state index contributed by atoms with van der Waals surface area (Å²) in [5.74, 6) is -2.79. The second kappa shape index (κ2) is 4.62. The molecule has 0 radical (unpaired) electrons. The molecule has 0 N–H and O–H groups in total. The summed E-state index contributed by atoms with van der Waals surface area (Å²) in [6.07, 6.45) is 3.04. The largest absolute Gasteiger partial charge is 0.274 e. The summed E-state index contributed by atoms with van der Waals surface area (Å²) in [6.45, 7) is 0. The average Bonchev–Trinajstić information content (AvgIpc) is 2.89. The Morgan fingerprint density at radius 2 is 1.65 bits per heavy atom. The summed E-state index contributed by atoms with van der Waals surface area (Å²) in [7, 11) is 0. The highest BCUT2D eigenvalue weighted by Gasteiger charge is 2.54. The standard InChI is InChI=1S/C14H12BrF2NO2/c15-8-5-9(16)12(10(17)6-8)18-11(19)7-14(13(18)20)3-1-2-4-14/h5-6H,1-4,7H2. The van der Waals surface area contributed by atoms with E-state index in [1.54, 1.807) is 0 Å². The minimum Gasteiger partial charge on any atom is -0.274 e. The molecule has 1 aliphatic carbocycles. The summed E-state index contributed by atoms with van der Waals surface area (Å²) in [4.78, 5) is 25.3. The Kier molecular flexibility index (Phi) is 3.16. The van der Waals surface area contributed by atoms with Gasteiger partial charge in [0.25, 0.3) is 0 Å². The SMILES string of the molecule is O=C1CC2(CCCC2)C(=O)N1c1c(F)cc(Br)cc1F. The molecular formula is C14H12BrF2NO2. The number of amides is 2. The van der Waals surface area contributed by atoms with Crippen molar-refractivity contribution in [3.63, 3.8) is 0 Å². The number of carbonyl (C=O) groups excluding carboxylic acids is 2. The molecule has 0 unspecified atom stereocenters. The van der Waals surface area contributed by atoms with Gasteiger partial charge in [0, 0.05) is 10.9 Å². The van der Waals surface area contributed by atoms with Gasteiger partial charge in [-0.05, 0) is 25.0 Å². The van der Waals surface area contributed by atoms with Crippen molar-refractivity contribution in [2.24, 2.45) is 5.41 Å². The van der Waals surface area contributed by atoms with E-state index in [4.69, 9.17) is 0 Å². The van der Waals surface area contributed by atoms with Crippen LogP contribution < -0.4 is 4.90 Å². The van der Waals surface area contributed by atoms with Gasteiger partial charge in [-0.1, -0.05) is 28.8 Å². The third-order valence-electron chi connectivity index (χ3n) is 4.16. The number of hydrogen-bond acceptors (Lipinski definition) is 2. The Hall–Kier alpha value is -1.30. The van der Waals surface area contributed by atoms with Crippen molar-refractivity contribution in [3.8, 4) is 0 Å². The lowest BCUT2D eigenvalue weighted by Gasteiger charge is -2.21. The van der Waals surface area contributed by atoms with E-state index in [0.29, 0.717) is 17.7 Å². The van der Waals surface area contributed by atoms with Crippen LogP contribution in [-0.2, 0) is 9.59 Å². The lowest BCUT2D eigenvalue weighted by Crippen LogP contribution is -2.35. The van der Waals surface area contributed by atoms with Crippen molar-refractivity contribution in [1.29, 1.82) is 0 Å². The molecule has 6 heteroatoms. The van der Waals surface area contributed by atoms with Gasteiger partial charge in [-0.3, -0.25) is 9.59 Å². The maximum absolute atomic E-state index is 14.0. The van der Waals surface area contributed by atoms with E-state index in [2.05, 4.69) is 15.9 Å². The van der Waals surface area contributed by atoms with Crippen LogP contribution in [0.3, 0.4) is 0 Å². The molecular weight excluding hydrogens is 332 g/mol. The number of hydrogen-bond donors (Lipinski definition) is 0. The molecule has 3 nitrogen and oxygen atoms in total. The third kappa shape index (κ3) is 1.89. The number of anilines is 1. The highest BCUT2D eigenvalue weighted by Crippen LogP contribution is 2.48. The summed E-state index contributed by atoms with van der Waals surface area (Å²) in [5, 5.41) is 0. The minimum absolute atomic E-state index is 0.0563. The van der Waals surface area contributed by atoms with Crippen molar-refractivity contribution in [2.75, 3.05) is 4.90 Å². The Morgan fingerprint density at radius 3 is 2.20 bits per heavy atom. The first-order valence-corrected chi connectivity index (χ1v) is 7.26. The van der Waals surface area contributed by atoms with E-state index in [1.807, 2.05) is 0 Å². The highest BCUT2D eigenvalue weighted by molar-refractivity contribution is 9.10. The lowest BCUT2D eigenvalue weighted by molar-refractivity contribution is -0.125. The number of rotatable bonds is 1. The zero-order valence-corrected chi connectivity index (χ0v) is 12.2. The quantitative estimate of drug-likeness (QED) is 0.731. The molecule has 1 aromatic carbocycles. The third-order valence-corrected chi connectivity index (χ3v) is 4.62. The summed E-state index contributed by atoms with van der Waals surface area (Å²) in [6, 6.07) is 2.11. The lowest BCUT2D eigenvalue weighted by atomic mass is 9.84. The van der Waals surface area contributed by atoms with E-state index >= 15 is 0 Å². The van der Waals surface area contributed by atoms with Crippen LogP contribution in [0.5, 0.6) is 0 Å². The van der Waals surface area contributed by atoms with Gasteiger partial charge in [-0.25, -0.2) is 13.7 Å². The smallest absolute Gasteiger partial charge is 0.240 e. The first kappa shape index (κ1) is 13.7. The summed E-state index contributed by atoms with van der Waals surface area (Å²) < 4.78 is 28.2. The van der Waals surface area contributed by atoms with Gasteiger partial charge in [0.05, 0.1) is 5.41 Å². The van der Waals surface area contributed by atoms with Crippen molar-refractivity contribution in [3.05, 3.63) is 28.2 Å². The van der Waals surface area contributed by atoms with Crippen LogP contribution in [-0.4, -0.2) is 11.8 Å². The molecule has 1 saturated heterocycles. The number of halogens is 3. The zero-order valence-electron chi connectivity index (χ0n) is 10.6. The Balaban J connectivity index is 2.07. The van der Waals surface area contributed by atoms with E-state index in [1.165, 1.54) is 0 Å². The first-order valence-electron chi connectivity index (χ1n) is 6.46. The highest BCUT2D eigenvalue weighted by atomic mass is 79.9. The van der Waals surface area contributed by atoms with E-state index in [9.17, 15) is 18.4 Å². The number of imide groups is 1. The topological polar surface area (TPSA) is 37.4 Å². The first-order chi connectivity index (χ1) is 9.44. The van der Waals surface area contributed by atoms with Crippen molar-refractivity contribution in [2.45, 2.75) is 32.1 Å². The molecule has 1 aliphatic heterocycles. The Labute approximate surface area is 123 Å². The molecule has 0 aromatic heterocycles. The predicted octanol–water partition coefficient (Wildman–Crippen LogP) is 3.55. The Bertz CT molecular complexity index is 588. The number of nitrogens with zero attached hydrogens (tertiary/aromatic N) is 1. The van der Waals surface area contributed by atoms with Gasteiger partial charge in [-0.15, -0.1) is 0 Å². The van der Waals surface area contributed by atoms with E-state index in [-0.39, 0.29) is 10.9 Å². The zero-order chi connectivity index (χ0) is 14.5. The van der Waals surface area contributed by atoms with Crippen molar-refractivity contribution in [1.82, 2.24) is 0 Å². The molecule has 2 amide bonds. The molecule has 1 heterocycles. The van der Waals surface area contributed by atoms with Gasteiger partial charge in [0.15, 0.2) is 11.6 Å². The van der Waals surface area contributed by atoms with Gasteiger partial charge >= 0.3 is 0 Å². The fraction of sp³-hybridized carbons (Fsp3) is 0.429. The number of carbonyl (C=O) groups is 2. The normalized spacial score (nSPS) is 21.2. The van der Waals surface area contributed by atoms with Gasteiger partial charge in [0.1, 0.15) is 5.69 Å². The minimum atomic E-state index is -0.909. The van der Waals surface area contributed by atoms with Crippen LogP contribution in [0, 0.1) is 17.0 Å². The van der Waals surface area contributed by atoms with Crippen LogP contribution in [0.25, 0.3) is 0 Å². The average molecular weight is 344 g/mol. The fourth-order valence-electron chi connectivity index (χ4n) is 3.21. The van der Waals surface area contributed by atoms with E-state index in [0.717, 1.165) is 25.0 Å². The van der Waals surface area contributed by atoms with Crippen LogP contribution in [0.4, 0.5) is 14.5 Å². The molecule has 3 rings (SSSR count). The maximum Gasteiger partial charge on any atom is 0.240 e.